The number of ether oxygens (including phenoxy) is 1. The Morgan fingerprint density at radius 3 is 2.36 bits per heavy atom. The van der Waals surface area contributed by atoms with Gasteiger partial charge in [0, 0.05) is 18.7 Å². The van der Waals surface area contributed by atoms with Gasteiger partial charge in [0.1, 0.15) is 11.0 Å². The number of methoxy groups -OCH3 is 1. The molecule has 1 atom stereocenters. The second-order valence-corrected chi connectivity index (χ2v) is 7.08. The van der Waals surface area contributed by atoms with Gasteiger partial charge in [-0.25, -0.2) is 0 Å². The molecule has 146 valence electrons. The lowest BCUT2D eigenvalue weighted by atomic mass is 10.1. The molecule has 0 saturated heterocycles. The van der Waals surface area contributed by atoms with Crippen LogP contribution in [0, 0.1) is 0 Å². The van der Waals surface area contributed by atoms with E-state index >= 15 is 0 Å². The molecule has 0 spiro atoms. The number of likely N-dealkylation sites (N-methyl/N-ethyl adjacent to an activating group) is 1. The maximum atomic E-state index is 13.1. The van der Waals surface area contributed by atoms with E-state index in [-0.39, 0.29) is 5.91 Å². The van der Waals surface area contributed by atoms with E-state index in [1.54, 1.807) is 7.11 Å². The van der Waals surface area contributed by atoms with Gasteiger partial charge in [0.05, 0.1) is 7.11 Å². The Bertz CT molecular complexity index is 893. The van der Waals surface area contributed by atoms with Crippen molar-refractivity contribution in [2.45, 2.75) is 24.3 Å². The highest BCUT2D eigenvalue weighted by atomic mass is 32.2. The molecule has 1 heterocycles. The summed E-state index contributed by atoms with van der Waals surface area (Å²) in [6.07, 6.45) is 0. The monoisotopic (exact) mass is 397 g/mol. The van der Waals surface area contributed by atoms with Crippen molar-refractivity contribution >= 4 is 17.7 Å². The van der Waals surface area contributed by atoms with E-state index in [1.807, 2.05) is 73.3 Å². The molecule has 1 unspecified atom stereocenters. The Kier molecular flexibility index (Phi) is 6.71. The second-order valence-electron chi connectivity index (χ2n) is 6.02. The number of hydrogen-bond donors (Lipinski definition) is 0. The van der Waals surface area contributed by atoms with Crippen molar-refractivity contribution in [1.82, 2.24) is 15.1 Å². The zero-order chi connectivity index (χ0) is 19.9. The molecule has 2 aromatic carbocycles. The molecule has 0 bridgehead atoms. The largest absolute Gasteiger partial charge is 0.497 e. The van der Waals surface area contributed by atoms with E-state index in [2.05, 4.69) is 10.2 Å². The quantitative estimate of drug-likeness (QED) is 0.523. The normalized spacial score (nSPS) is 11.8. The third kappa shape index (κ3) is 4.54. The lowest BCUT2D eigenvalue weighted by molar-refractivity contribution is -0.130. The van der Waals surface area contributed by atoms with E-state index in [0.717, 1.165) is 16.9 Å². The molecule has 1 amide bonds. The van der Waals surface area contributed by atoms with Crippen LogP contribution < -0.4 is 4.74 Å². The molecule has 0 aliphatic carbocycles. The molecule has 7 heteroatoms. The van der Waals surface area contributed by atoms with Crippen molar-refractivity contribution < 1.29 is 13.9 Å². The first-order chi connectivity index (χ1) is 13.7. The molecule has 3 aromatic rings. The molecule has 0 N–H and O–H groups in total. The zero-order valence-corrected chi connectivity index (χ0v) is 17.0. The number of amides is 1. The maximum absolute atomic E-state index is 13.1. The van der Waals surface area contributed by atoms with Crippen LogP contribution in [0.3, 0.4) is 0 Å². The van der Waals surface area contributed by atoms with E-state index < -0.39 is 5.25 Å². The van der Waals surface area contributed by atoms with E-state index in [4.69, 9.17) is 9.15 Å². The van der Waals surface area contributed by atoms with Crippen molar-refractivity contribution in [3.63, 3.8) is 0 Å². The van der Waals surface area contributed by atoms with Crippen LogP contribution in [0.25, 0.3) is 11.5 Å². The Hall–Kier alpha value is -2.80. The Balaban J connectivity index is 1.84. The highest BCUT2D eigenvalue weighted by Crippen LogP contribution is 2.37. The number of nitrogens with zero attached hydrogens (tertiary/aromatic N) is 3. The number of carbonyl (C=O) groups is 1. The Morgan fingerprint density at radius 1 is 1.07 bits per heavy atom. The van der Waals surface area contributed by atoms with Gasteiger partial charge >= 0.3 is 0 Å². The highest BCUT2D eigenvalue weighted by molar-refractivity contribution is 8.00. The van der Waals surface area contributed by atoms with Crippen molar-refractivity contribution in [2.75, 3.05) is 20.2 Å². The summed E-state index contributed by atoms with van der Waals surface area (Å²) in [6.45, 7) is 5.26. The van der Waals surface area contributed by atoms with Gasteiger partial charge in [-0.2, -0.15) is 0 Å². The summed E-state index contributed by atoms with van der Waals surface area (Å²) in [5, 5.41) is 8.19. The van der Waals surface area contributed by atoms with Gasteiger partial charge in [0.15, 0.2) is 0 Å². The van der Waals surface area contributed by atoms with E-state index in [1.165, 1.54) is 11.8 Å². The first kappa shape index (κ1) is 19.9. The molecule has 0 saturated carbocycles. The fraction of sp³-hybridized carbons (Fsp3) is 0.286. The Morgan fingerprint density at radius 2 is 1.75 bits per heavy atom. The molecule has 3 rings (SSSR count). The summed E-state index contributed by atoms with van der Waals surface area (Å²) in [7, 11) is 1.62. The highest BCUT2D eigenvalue weighted by Gasteiger charge is 2.28. The number of benzene rings is 2. The summed E-state index contributed by atoms with van der Waals surface area (Å²) in [6, 6.07) is 17.1. The van der Waals surface area contributed by atoms with Gasteiger partial charge < -0.3 is 14.1 Å². The smallest absolute Gasteiger partial charge is 0.277 e. The summed E-state index contributed by atoms with van der Waals surface area (Å²) >= 11 is 1.28. The SMILES string of the molecule is CCN(CC)C(=O)C(Sc1nnc(-c2ccc(OC)cc2)o1)c1ccccc1. The topological polar surface area (TPSA) is 68.5 Å². The van der Waals surface area contributed by atoms with Gasteiger partial charge in [-0.15, -0.1) is 10.2 Å². The van der Waals surface area contributed by atoms with Crippen molar-refractivity contribution in [2.24, 2.45) is 0 Å². The van der Waals surface area contributed by atoms with Gasteiger partial charge in [-0.05, 0) is 55.4 Å². The van der Waals surface area contributed by atoms with Crippen molar-refractivity contribution in [3.05, 3.63) is 60.2 Å². The number of hydrogen-bond acceptors (Lipinski definition) is 6. The van der Waals surface area contributed by atoms with Crippen molar-refractivity contribution in [1.29, 1.82) is 0 Å². The third-order valence-electron chi connectivity index (χ3n) is 4.36. The van der Waals surface area contributed by atoms with Crippen LogP contribution in [-0.2, 0) is 4.79 Å². The molecule has 0 fully saturated rings. The first-order valence-electron chi connectivity index (χ1n) is 9.14. The van der Waals surface area contributed by atoms with Crippen LogP contribution in [0.4, 0.5) is 0 Å². The van der Waals surface area contributed by atoms with Gasteiger partial charge in [0.25, 0.3) is 5.22 Å². The summed E-state index contributed by atoms with van der Waals surface area (Å²) in [5.74, 6) is 1.20. The number of carbonyl (C=O) groups excluding carboxylic acids is 1. The second kappa shape index (κ2) is 9.41. The van der Waals surface area contributed by atoms with Crippen LogP contribution in [0.15, 0.2) is 64.2 Å². The predicted molar refractivity (Wildman–Crippen MR) is 109 cm³/mol. The van der Waals surface area contributed by atoms with Gasteiger partial charge in [-0.3, -0.25) is 4.79 Å². The van der Waals surface area contributed by atoms with Crippen molar-refractivity contribution in [3.8, 4) is 17.2 Å². The lowest BCUT2D eigenvalue weighted by Gasteiger charge is -2.24. The molecule has 0 radical (unpaired) electrons. The Labute approximate surface area is 168 Å². The molecule has 1 aromatic heterocycles. The van der Waals surface area contributed by atoms with Crippen LogP contribution in [0.2, 0.25) is 0 Å². The third-order valence-corrected chi connectivity index (χ3v) is 5.44. The summed E-state index contributed by atoms with van der Waals surface area (Å²) in [5.41, 5.74) is 1.71. The minimum absolute atomic E-state index is 0.0328. The zero-order valence-electron chi connectivity index (χ0n) is 16.2. The number of aromatic nitrogens is 2. The van der Waals surface area contributed by atoms with Gasteiger partial charge in [-0.1, -0.05) is 30.3 Å². The maximum Gasteiger partial charge on any atom is 0.277 e. The minimum atomic E-state index is -0.440. The van der Waals surface area contributed by atoms with E-state index in [9.17, 15) is 4.79 Å². The molecule has 28 heavy (non-hydrogen) atoms. The van der Waals surface area contributed by atoms with Crippen LogP contribution >= 0.6 is 11.8 Å². The minimum Gasteiger partial charge on any atom is -0.497 e. The molecular weight excluding hydrogens is 374 g/mol. The summed E-state index contributed by atoms with van der Waals surface area (Å²) in [4.78, 5) is 14.9. The molecular formula is C21H23N3O3S. The molecule has 0 aliphatic rings. The van der Waals surface area contributed by atoms with Crippen LogP contribution in [0.1, 0.15) is 24.7 Å². The van der Waals surface area contributed by atoms with Gasteiger partial charge in [0.2, 0.25) is 11.8 Å². The molecule has 0 aliphatic heterocycles. The van der Waals surface area contributed by atoms with Crippen LogP contribution in [0.5, 0.6) is 5.75 Å². The average molecular weight is 398 g/mol. The standard InChI is InChI=1S/C21H23N3O3S/c1-4-24(5-2)20(25)18(15-9-7-6-8-10-15)28-21-23-22-19(27-21)16-11-13-17(26-3)14-12-16/h6-14,18H,4-5H2,1-3H3. The predicted octanol–water partition coefficient (Wildman–Crippen LogP) is 4.45. The first-order valence-corrected chi connectivity index (χ1v) is 10.0. The van der Waals surface area contributed by atoms with Crippen LogP contribution in [-0.4, -0.2) is 41.2 Å². The fourth-order valence-electron chi connectivity index (χ4n) is 2.80. The number of thioether (sulfide) groups is 1. The summed E-state index contributed by atoms with van der Waals surface area (Å²) < 4.78 is 11.0. The lowest BCUT2D eigenvalue weighted by Crippen LogP contribution is -2.33. The number of rotatable bonds is 8. The fourth-order valence-corrected chi connectivity index (χ4v) is 3.76. The molecule has 6 nitrogen and oxygen atoms in total. The average Bonchev–Trinajstić information content (AvgIpc) is 3.22. The van der Waals surface area contributed by atoms with E-state index in [0.29, 0.717) is 24.2 Å².